The third-order valence-corrected chi connectivity index (χ3v) is 2.19. The van der Waals surface area contributed by atoms with Crippen LogP contribution in [0.2, 0.25) is 0 Å². The summed E-state index contributed by atoms with van der Waals surface area (Å²) in [5.74, 6) is -0.563. The smallest absolute Gasteiger partial charge is 0.247 e. The number of nitrogens with two attached hydrogens (primary N) is 1. The molecule has 0 heterocycles. The Kier molecular flexibility index (Phi) is 4.19. The molecule has 0 spiro atoms. The molecule has 0 rings (SSSR count). The summed E-state index contributed by atoms with van der Waals surface area (Å²) in [6.45, 7) is 5.54. The first kappa shape index (κ1) is 11.9. The molecule has 1 atom stereocenters. The summed E-state index contributed by atoms with van der Waals surface area (Å²) in [7, 11) is 0. The first-order valence-electron chi connectivity index (χ1n) is 3.59. The van der Waals surface area contributed by atoms with Crippen molar-refractivity contribution < 1.29 is 9.90 Å². The molecule has 0 aromatic heterocycles. The van der Waals surface area contributed by atoms with Crippen LogP contribution in [0.25, 0.3) is 0 Å². The van der Waals surface area contributed by atoms with Crippen LogP contribution in [0, 0.1) is 5.41 Å². The lowest BCUT2D eigenvalue weighted by molar-refractivity contribution is -0.116. The maximum Gasteiger partial charge on any atom is 0.247 e. The van der Waals surface area contributed by atoms with Gasteiger partial charge in [-0.3, -0.25) is 4.79 Å². The first-order valence-corrected chi connectivity index (χ1v) is 4.83. The van der Waals surface area contributed by atoms with Gasteiger partial charge in [0.1, 0.15) is 0 Å². The van der Waals surface area contributed by atoms with Crippen LogP contribution in [0.1, 0.15) is 20.8 Å². The summed E-state index contributed by atoms with van der Waals surface area (Å²) < 4.78 is 1.52. The molecule has 0 aliphatic carbocycles. The number of primary amides is 1. The Morgan fingerprint density at radius 1 is 1.58 bits per heavy atom. The van der Waals surface area contributed by atoms with Crippen LogP contribution in [0.4, 0.5) is 0 Å². The van der Waals surface area contributed by atoms with E-state index in [1.807, 2.05) is 43.4 Å². The summed E-state index contributed by atoms with van der Waals surface area (Å²) in [6.07, 6.45) is -0.799. The van der Waals surface area contributed by atoms with Gasteiger partial charge in [0, 0.05) is 0 Å². The van der Waals surface area contributed by atoms with E-state index in [1.54, 1.807) is 0 Å². The molecule has 0 fully saturated rings. The maximum absolute atomic E-state index is 10.8. The number of carbonyl (C=O) groups is 1. The molecule has 1 amide bonds. The lowest BCUT2D eigenvalue weighted by atomic mass is 9.85. The van der Waals surface area contributed by atoms with E-state index in [0.29, 0.717) is 0 Å². The molecule has 4 heteroatoms. The molecule has 12 heavy (non-hydrogen) atoms. The molecule has 0 saturated heterocycles. The van der Waals surface area contributed by atoms with Gasteiger partial charge >= 0.3 is 0 Å². The van der Waals surface area contributed by atoms with Crippen molar-refractivity contribution in [2.45, 2.75) is 26.9 Å². The van der Waals surface area contributed by atoms with E-state index in [9.17, 15) is 9.90 Å². The average molecular weight is 283 g/mol. The molecule has 3 nitrogen and oxygen atoms in total. The van der Waals surface area contributed by atoms with E-state index in [-0.39, 0.29) is 11.0 Å². The zero-order valence-electron chi connectivity index (χ0n) is 7.47. The van der Waals surface area contributed by atoms with Gasteiger partial charge in [0.05, 0.1) is 11.7 Å². The van der Waals surface area contributed by atoms with Crippen molar-refractivity contribution in [3.63, 3.8) is 0 Å². The minimum atomic E-state index is -0.799. The number of rotatable bonds is 2. The van der Waals surface area contributed by atoms with Crippen molar-refractivity contribution in [3.05, 3.63) is 9.66 Å². The standard InChI is InChI=1S/C8H14INO2/c1-8(2,3)6(11)5(4-9)7(10)12/h4,6,11H,1-3H3,(H2,10,12)/b5-4-. The Morgan fingerprint density at radius 3 is 2.08 bits per heavy atom. The summed E-state index contributed by atoms with van der Waals surface area (Å²) in [6, 6.07) is 0. The van der Waals surface area contributed by atoms with E-state index in [2.05, 4.69) is 0 Å². The largest absolute Gasteiger partial charge is 0.388 e. The van der Waals surface area contributed by atoms with Gasteiger partial charge in [0.2, 0.25) is 5.91 Å². The van der Waals surface area contributed by atoms with E-state index >= 15 is 0 Å². The minimum absolute atomic E-state index is 0.267. The molecule has 70 valence electrons. The van der Waals surface area contributed by atoms with Gasteiger partial charge < -0.3 is 10.8 Å². The predicted molar refractivity (Wildman–Crippen MR) is 56.8 cm³/mol. The van der Waals surface area contributed by atoms with Crippen LogP contribution in [0.3, 0.4) is 0 Å². The van der Waals surface area contributed by atoms with Crippen LogP contribution in [-0.2, 0) is 4.79 Å². The fraction of sp³-hybridized carbons (Fsp3) is 0.625. The van der Waals surface area contributed by atoms with Gasteiger partial charge in [-0.05, 0) is 9.50 Å². The first-order chi connectivity index (χ1) is 5.30. The summed E-state index contributed by atoms with van der Waals surface area (Å²) in [5.41, 5.74) is 4.98. The molecule has 0 aromatic rings. The van der Waals surface area contributed by atoms with Crippen molar-refractivity contribution in [3.8, 4) is 0 Å². The topological polar surface area (TPSA) is 63.3 Å². The van der Waals surface area contributed by atoms with Crippen LogP contribution in [-0.4, -0.2) is 17.1 Å². The summed E-state index contributed by atoms with van der Waals surface area (Å²) >= 11 is 1.90. The molecule has 0 aliphatic heterocycles. The number of halogens is 1. The number of aliphatic hydroxyl groups excluding tert-OH is 1. The maximum atomic E-state index is 10.8. The number of amides is 1. The van der Waals surface area contributed by atoms with Crippen molar-refractivity contribution in [2.75, 3.05) is 0 Å². The average Bonchev–Trinajstić information content (AvgIpc) is 1.86. The van der Waals surface area contributed by atoms with Crippen LogP contribution < -0.4 is 5.73 Å². The van der Waals surface area contributed by atoms with Gasteiger partial charge in [0.15, 0.2) is 0 Å². The fourth-order valence-electron chi connectivity index (χ4n) is 0.715. The molecule has 0 aromatic carbocycles. The Bertz CT molecular complexity index is 206. The number of hydrogen-bond donors (Lipinski definition) is 2. The van der Waals surface area contributed by atoms with Crippen molar-refractivity contribution in [1.29, 1.82) is 0 Å². The van der Waals surface area contributed by atoms with Crippen LogP contribution in [0.15, 0.2) is 9.66 Å². The number of hydrogen-bond acceptors (Lipinski definition) is 2. The molecule has 1 unspecified atom stereocenters. The van der Waals surface area contributed by atoms with Gasteiger partial charge in [-0.1, -0.05) is 43.4 Å². The highest BCUT2D eigenvalue weighted by atomic mass is 127. The third-order valence-electron chi connectivity index (χ3n) is 1.52. The molecule has 0 aliphatic rings. The van der Waals surface area contributed by atoms with E-state index < -0.39 is 12.0 Å². The van der Waals surface area contributed by atoms with E-state index in [0.717, 1.165) is 0 Å². The van der Waals surface area contributed by atoms with E-state index in [4.69, 9.17) is 5.73 Å². The molecule has 0 saturated carbocycles. The number of aliphatic hydroxyl groups is 1. The van der Waals surface area contributed by atoms with Gasteiger partial charge in [0.25, 0.3) is 0 Å². The Labute approximate surface area is 86.2 Å². The van der Waals surface area contributed by atoms with Crippen molar-refractivity contribution >= 4 is 28.5 Å². The minimum Gasteiger partial charge on any atom is -0.388 e. The zero-order valence-corrected chi connectivity index (χ0v) is 9.62. The fourth-order valence-corrected chi connectivity index (χ4v) is 1.36. The molecule has 3 N–H and O–H groups in total. The molecular weight excluding hydrogens is 269 g/mol. The van der Waals surface area contributed by atoms with Crippen LogP contribution in [0.5, 0.6) is 0 Å². The normalized spacial score (nSPS) is 15.9. The second-order valence-electron chi connectivity index (χ2n) is 3.70. The summed E-state index contributed by atoms with van der Waals surface area (Å²) in [4.78, 5) is 10.8. The monoisotopic (exact) mass is 283 g/mol. The predicted octanol–water partition coefficient (Wildman–Crippen LogP) is 1.20. The van der Waals surface area contributed by atoms with Crippen molar-refractivity contribution in [1.82, 2.24) is 0 Å². The van der Waals surface area contributed by atoms with Gasteiger partial charge in [-0.15, -0.1) is 0 Å². The van der Waals surface area contributed by atoms with Crippen molar-refractivity contribution in [2.24, 2.45) is 11.1 Å². The molecule has 0 bridgehead atoms. The highest BCUT2D eigenvalue weighted by Crippen LogP contribution is 2.25. The van der Waals surface area contributed by atoms with Gasteiger partial charge in [-0.25, -0.2) is 0 Å². The highest BCUT2D eigenvalue weighted by molar-refractivity contribution is 14.1. The lowest BCUT2D eigenvalue weighted by Crippen LogP contribution is -2.33. The second-order valence-corrected chi connectivity index (χ2v) is 4.32. The van der Waals surface area contributed by atoms with E-state index in [1.165, 1.54) is 4.08 Å². The Morgan fingerprint density at radius 2 is 2.00 bits per heavy atom. The zero-order chi connectivity index (χ0) is 9.94. The van der Waals surface area contributed by atoms with Gasteiger partial charge in [-0.2, -0.15) is 0 Å². The Hall–Kier alpha value is -0.100. The summed E-state index contributed by atoms with van der Waals surface area (Å²) in [5, 5.41) is 9.64. The Balaban J connectivity index is 4.68. The molecule has 0 radical (unpaired) electrons. The number of carbonyl (C=O) groups excluding carboxylic acids is 1. The SMILES string of the molecule is CC(C)(C)C(O)/C(=C/I)C(N)=O. The van der Waals surface area contributed by atoms with Crippen LogP contribution >= 0.6 is 22.6 Å². The second kappa shape index (κ2) is 4.23. The third kappa shape index (κ3) is 3.10. The quantitative estimate of drug-likeness (QED) is 0.591. The highest BCUT2D eigenvalue weighted by Gasteiger charge is 2.28. The lowest BCUT2D eigenvalue weighted by Gasteiger charge is -2.26. The molecular formula is C8H14INO2.